The van der Waals surface area contributed by atoms with Crippen LogP contribution in [-0.4, -0.2) is 25.8 Å². The molecule has 3 aromatic heterocycles. The minimum Gasteiger partial charge on any atom is -0.369 e. The molecular formula is C24H18N6O. The van der Waals surface area contributed by atoms with Gasteiger partial charge in [-0.25, -0.2) is 0 Å². The van der Waals surface area contributed by atoms with Gasteiger partial charge in [0.25, 0.3) is 0 Å². The lowest BCUT2D eigenvalue weighted by atomic mass is 9.90. The van der Waals surface area contributed by atoms with Crippen molar-refractivity contribution in [2.24, 2.45) is 5.73 Å². The van der Waals surface area contributed by atoms with Gasteiger partial charge in [-0.1, -0.05) is 12.1 Å². The highest BCUT2D eigenvalue weighted by Crippen LogP contribution is 2.30. The third-order valence-electron chi connectivity index (χ3n) is 4.93. The van der Waals surface area contributed by atoms with Gasteiger partial charge in [0.05, 0.1) is 29.2 Å². The van der Waals surface area contributed by atoms with Crippen LogP contribution < -0.4 is 5.73 Å². The van der Waals surface area contributed by atoms with Crippen molar-refractivity contribution in [3.8, 4) is 28.5 Å². The number of carbonyl (C=O) groups is 1. The highest BCUT2D eigenvalue weighted by Gasteiger charge is 2.23. The molecule has 150 valence electrons. The second-order valence-corrected chi connectivity index (χ2v) is 7.00. The van der Waals surface area contributed by atoms with Crippen LogP contribution in [0.15, 0.2) is 73.4 Å². The first-order valence-electron chi connectivity index (χ1n) is 9.55. The molecule has 7 heteroatoms. The summed E-state index contributed by atoms with van der Waals surface area (Å²) in [5.74, 6) is -1.33. The van der Waals surface area contributed by atoms with Crippen LogP contribution in [0, 0.1) is 18.3 Å². The summed E-state index contributed by atoms with van der Waals surface area (Å²) < 4.78 is 0. The van der Waals surface area contributed by atoms with E-state index >= 15 is 0 Å². The van der Waals surface area contributed by atoms with E-state index in [1.54, 1.807) is 49.2 Å². The average molecular weight is 406 g/mol. The summed E-state index contributed by atoms with van der Waals surface area (Å²) in [4.78, 5) is 29.3. The Morgan fingerprint density at radius 3 is 2.48 bits per heavy atom. The molecule has 3 heterocycles. The summed E-state index contributed by atoms with van der Waals surface area (Å²) >= 11 is 0. The first kappa shape index (κ1) is 19.9. The fourth-order valence-electron chi connectivity index (χ4n) is 3.46. The van der Waals surface area contributed by atoms with Gasteiger partial charge >= 0.3 is 0 Å². The van der Waals surface area contributed by atoms with Gasteiger partial charge in [-0.15, -0.1) is 0 Å². The number of aromatic nitrogens is 4. The Morgan fingerprint density at radius 2 is 1.84 bits per heavy atom. The van der Waals surface area contributed by atoms with E-state index in [-0.39, 0.29) is 0 Å². The van der Waals surface area contributed by atoms with Crippen LogP contribution in [0.4, 0.5) is 0 Å². The molecule has 0 saturated carbocycles. The topological polar surface area (TPSA) is 118 Å². The first-order valence-corrected chi connectivity index (χ1v) is 9.55. The number of pyridine rings is 2. The number of nitrogens with two attached hydrogens (primary N) is 1. The van der Waals surface area contributed by atoms with E-state index in [9.17, 15) is 10.1 Å². The minimum absolute atomic E-state index is 0.450. The molecule has 0 aliphatic heterocycles. The standard InChI is InChI=1S/C24H18N6O/c1-15-10-16(6-7-28-15)20-4-2-17(11-19(20)12-25)23(24(26)31)21-5-3-18(13-30-21)22-14-27-8-9-29-22/h2-11,13-14,23H,1H3,(H2,26,31). The number of nitriles is 1. The van der Waals surface area contributed by atoms with E-state index < -0.39 is 11.8 Å². The van der Waals surface area contributed by atoms with Crippen molar-refractivity contribution in [3.05, 3.63) is 96.0 Å². The van der Waals surface area contributed by atoms with Crippen molar-refractivity contribution < 1.29 is 4.79 Å². The van der Waals surface area contributed by atoms with E-state index in [2.05, 4.69) is 26.0 Å². The Hall–Kier alpha value is -4.44. The summed E-state index contributed by atoms with van der Waals surface area (Å²) in [6.45, 7) is 1.89. The van der Waals surface area contributed by atoms with Crippen molar-refractivity contribution in [2.75, 3.05) is 0 Å². The Balaban J connectivity index is 1.72. The zero-order valence-corrected chi connectivity index (χ0v) is 16.7. The van der Waals surface area contributed by atoms with Crippen LogP contribution in [-0.2, 0) is 4.79 Å². The Kier molecular flexibility index (Phi) is 5.45. The summed E-state index contributed by atoms with van der Waals surface area (Å²) in [5, 5.41) is 9.72. The van der Waals surface area contributed by atoms with Gasteiger partial charge in [0.1, 0.15) is 5.92 Å². The quantitative estimate of drug-likeness (QED) is 0.543. The lowest BCUT2D eigenvalue weighted by Crippen LogP contribution is -2.23. The van der Waals surface area contributed by atoms with Gasteiger partial charge in [-0.05, 0) is 53.9 Å². The SMILES string of the molecule is Cc1cc(-c2ccc(C(C(N)=O)c3ccc(-c4cnccn4)cn3)cc2C#N)ccn1. The van der Waals surface area contributed by atoms with Crippen molar-refractivity contribution in [1.29, 1.82) is 5.26 Å². The second kappa shape index (κ2) is 8.51. The first-order chi connectivity index (χ1) is 15.1. The van der Waals surface area contributed by atoms with Crippen LogP contribution in [0.5, 0.6) is 0 Å². The number of rotatable bonds is 5. The number of amides is 1. The molecule has 0 bridgehead atoms. The number of nitrogens with zero attached hydrogens (tertiary/aromatic N) is 5. The van der Waals surface area contributed by atoms with Crippen LogP contribution in [0.3, 0.4) is 0 Å². The minimum atomic E-state index is -0.781. The Labute approximate surface area is 179 Å². The third-order valence-corrected chi connectivity index (χ3v) is 4.93. The van der Waals surface area contributed by atoms with Gasteiger partial charge in [-0.3, -0.25) is 24.7 Å². The molecule has 0 spiro atoms. The number of hydrogen-bond acceptors (Lipinski definition) is 6. The number of carbonyl (C=O) groups excluding carboxylic acids is 1. The summed E-state index contributed by atoms with van der Waals surface area (Å²) in [5.41, 5.74) is 11.2. The second-order valence-electron chi connectivity index (χ2n) is 7.00. The fraction of sp³-hybridized carbons (Fsp3) is 0.0833. The maximum atomic E-state index is 12.3. The van der Waals surface area contributed by atoms with Crippen molar-refractivity contribution in [1.82, 2.24) is 19.9 Å². The molecule has 0 radical (unpaired) electrons. The van der Waals surface area contributed by atoms with E-state index in [4.69, 9.17) is 5.73 Å². The van der Waals surface area contributed by atoms with Crippen LogP contribution in [0.25, 0.3) is 22.4 Å². The Morgan fingerprint density at radius 1 is 0.968 bits per heavy atom. The Bertz CT molecular complexity index is 1280. The van der Waals surface area contributed by atoms with Gasteiger partial charge < -0.3 is 5.73 Å². The molecule has 0 saturated heterocycles. The van der Waals surface area contributed by atoms with Gasteiger partial charge in [0.15, 0.2) is 0 Å². The molecule has 1 aromatic carbocycles. The van der Waals surface area contributed by atoms with Crippen molar-refractivity contribution in [3.63, 3.8) is 0 Å². The molecule has 1 atom stereocenters. The zero-order valence-electron chi connectivity index (χ0n) is 16.7. The molecule has 0 fully saturated rings. The highest BCUT2D eigenvalue weighted by atomic mass is 16.1. The lowest BCUT2D eigenvalue weighted by Gasteiger charge is -2.15. The molecule has 0 aliphatic rings. The fourth-order valence-corrected chi connectivity index (χ4v) is 3.46. The molecule has 31 heavy (non-hydrogen) atoms. The molecule has 1 unspecified atom stereocenters. The van der Waals surface area contributed by atoms with E-state index in [1.807, 2.05) is 31.2 Å². The molecule has 1 amide bonds. The smallest absolute Gasteiger partial charge is 0.231 e. The van der Waals surface area contributed by atoms with Gasteiger partial charge in [0.2, 0.25) is 5.91 Å². The van der Waals surface area contributed by atoms with E-state index in [0.29, 0.717) is 22.5 Å². The van der Waals surface area contributed by atoms with E-state index in [0.717, 1.165) is 22.4 Å². The monoisotopic (exact) mass is 406 g/mol. The van der Waals surface area contributed by atoms with Crippen molar-refractivity contribution in [2.45, 2.75) is 12.8 Å². The summed E-state index contributed by atoms with van der Waals surface area (Å²) in [6.07, 6.45) is 8.17. The molecule has 4 aromatic rings. The molecular weight excluding hydrogens is 388 g/mol. The van der Waals surface area contributed by atoms with Gasteiger partial charge in [0, 0.05) is 36.0 Å². The maximum absolute atomic E-state index is 12.3. The molecule has 7 nitrogen and oxygen atoms in total. The molecule has 2 N–H and O–H groups in total. The summed E-state index contributed by atoms with van der Waals surface area (Å²) in [7, 11) is 0. The van der Waals surface area contributed by atoms with Gasteiger partial charge in [-0.2, -0.15) is 5.26 Å². The third kappa shape index (κ3) is 4.14. The lowest BCUT2D eigenvalue weighted by molar-refractivity contribution is -0.118. The highest BCUT2D eigenvalue weighted by molar-refractivity contribution is 5.86. The van der Waals surface area contributed by atoms with Crippen LogP contribution in [0.2, 0.25) is 0 Å². The number of benzene rings is 1. The number of primary amides is 1. The average Bonchev–Trinajstić information content (AvgIpc) is 2.80. The maximum Gasteiger partial charge on any atom is 0.231 e. The molecule has 0 aliphatic carbocycles. The van der Waals surface area contributed by atoms with E-state index in [1.165, 1.54) is 0 Å². The predicted molar refractivity (Wildman–Crippen MR) is 115 cm³/mol. The zero-order chi connectivity index (χ0) is 21.8. The van der Waals surface area contributed by atoms with Crippen molar-refractivity contribution >= 4 is 5.91 Å². The normalized spacial score (nSPS) is 11.5. The summed E-state index contributed by atoms with van der Waals surface area (Å²) in [6, 6.07) is 14.9. The predicted octanol–water partition coefficient (Wildman–Crippen LogP) is 3.40. The number of hydrogen-bond donors (Lipinski definition) is 1. The molecule has 4 rings (SSSR count). The van der Waals surface area contributed by atoms with Crippen LogP contribution >= 0.6 is 0 Å². The number of aryl methyl sites for hydroxylation is 1. The largest absolute Gasteiger partial charge is 0.369 e. The van der Waals surface area contributed by atoms with Crippen LogP contribution in [0.1, 0.15) is 28.4 Å².